The van der Waals surface area contributed by atoms with E-state index in [1.54, 1.807) is 26.3 Å². The number of anilines is 1. The fourth-order valence-corrected chi connectivity index (χ4v) is 2.43. The minimum absolute atomic E-state index is 0.588. The van der Waals surface area contributed by atoms with Crippen molar-refractivity contribution in [3.8, 4) is 0 Å². The number of hydrogen-bond donors (Lipinski definition) is 2. The summed E-state index contributed by atoms with van der Waals surface area (Å²) in [4.78, 5) is 15.5. The van der Waals surface area contributed by atoms with Crippen LogP contribution in [0.2, 0.25) is 0 Å². The molecule has 0 aromatic carbocycles. The van der Waals surface area contributed by atoms with Gasteiger partial charge in [0.15, 0.2) is 5.13 Å². The molecule has 1 aromatic heterocycles. The molecule has 7 heteroatoms. The van der Waals surface area contributed by atoms with E-state index in [0.29, 0.717) is 18.9 Å². The standard InChI is InChI=1S/C14H24N2O4S/c1-14(2,12(17)18)11-10-21-13(16-11)15-6-4-5-7-20-9-8-19-3/h10H,4-9H2,1-3H3,(H,15,16)(H,17,18). The zero-order chi connectivity index (χ0) is 15.7. The Kier molecular flexibility index (Phi) is 7.63. The van der Waals surface area contributed by atoms with Crippen molar-refractivity contribution in [1.29, 1.82) is 0 Å². The topological polar surface area (TPSA) is 80.7 Å². The van der Waals surface area contributed by atoms with Gasteiger partial charge in [-0.15, -0.1) is 11.3 Å². The van der Waals surface area contributed by atoms with E-state index in [1.165, 1.54) is 11.3 Å². The van der Waals surface area contributed by atoms with Gasteiger partial charge in [-0.25, -0.2) is 4.98 Å². The van der Waals surface area contributed by atoms with E-state index in [9.17, 15) is 4.79 Å². The molecule has 0 saturated carbocycles. The molecule has 2 N–H and O–H groups in total. The summed E-state index contributed by atoms with van der Waals surface area (Å²) >= 11 is 1.44. The zero-order valence-electron chi connectivity index (χ0n) is 12.8. The molecule has 0 aliphatic carbocycles. The van der Waals surface area contributed by atoms with Gasteiger partial charge in [-0.3, -0.25) is 4.79 Å². The monoisotopic (exact) mass is 316 g/mol. The van der Waals surface area contributed by atoms with Crippen LogP contribution in [0.1, 0.15) is 32.4 Å². The number of carboxylic acids is 1. The number of nitrogens with zero attached hydrogens (tertiary/aromatic N) is 1. The van der Waals surface area contributed by atoms with Gasteiger partial charge in [-0.2, -0.15) is 0 Å². The number of hydrogen-bond acceptors (Lipinski definition) is 6. The number of methoxy groups -OCH3 is 1. The van der Waals surface area contributed by atoms with Crippen molar-refractivity contribution < 1.29 is 19.4 Å². The highest BCUT2D eigenvalue weighted by atomic mass is 32.1. The number of carbonyl (C=O) groups is 1. The average Bonchev–Trinajstić information content (AvgIpc) is 2.91. The molecule has 21 heavy (non-hydrogen) atoms. The highest BCUT2D eigenvalue weighted by molar-refractivity contribution is 7.13. The summed E-state index contributed by atoms with van der Waals surface area (Å²) in [7, 11) is 1.65. The van der Waals surface area contributed by atoms with Gasteiger partial charge < -0.3 is 19.9 Å². The SMILES string of the molecule is COCCOCCCCNc1nc(C(C)(C)C(=O)O)cs1. The predicted molar refractivity (Wildman–Crippen MR) is 83.2 cm³/mol. The van der Waals surface area contributed by atoms with Crippen LogP contribution in [0.5, 0.6) is 0 Å². The minimum atomic E-state index is -0.953. The molecule has 0 aliphatic rings. The molecule has 0 atom stereocenters. The highest BCUT2D eigenvalue weighted by Gasteiger charge is 2.32. The van der Waals surface area contributed by atoms with Crippen LogP contribution in [0.25, 0.3) is 0 Å². The third-order valence-corrected chi connectivity index (χ3v) is 3.90. The van der Waals surface area contributed by atoms with E-state index < -0.39 is 11.4 Å². The molecule has 120 valence electrons. The van der Waals surface area contributed by atoms with Gasteiger partial charge in [0.25, 0.3) is 0 Å². The number of thiazole rings is 1. The lowest BCUT2D eigenvalue weighted by Crippen LogP contribution is -2.28. The molecular formula is C14H24N2O4S. The molecule has 1 rings (SSSR count). The maximum atomic E-state index is 11.2. The first-order valence-corrected chi connectivity index (χ1v) is 7.86. The minimum Gasteiger partial charge on any atom is -0.481 e. The molecule has 0 fully saturated rings. The van der Waals surface area contributed by atoms with Gasteiger partial charge in [0.2, 0.25) is 0 Å². The van der Waals surface area contributed by atoms with Gasteiger partial charge in [0, 0.05) is 25.6 Å². The molecule has 1 aromatic rings. The summed E-state index contributed by atoms with van der Waals surface area (Å²) in [6, 6.07) is 0. The summed E-state index contributed by atoms with van der Waals surface area (Å²) in [5.74, 6) is -0.868. The molecule has 1 heterocycles. The lowest BCUT2D eigenvalue weighted by Gasteiger charge is -2.15. The normalized spacial score (nSPS) is 11.6. The zero-order valence-corrected chi connectivity index (χ0v) is 13.7. The smallest absolute Gasteiger partial charge is 0.315 e. The Balaban J connectivity index is 2.22. The van der Waals surface area contributed by atoms with Crippen molar-refractivity contribution >= 4 is 22.4 Å². The number of aliphatic carboxylic acids is 1. The van der Waals surface area contributed by atoms with E-state index >= 15 is 0 Å². The van der Waals surface area contributed by atoms with E-state index in [2.05, 4.69) is 10.3 Å². The quantitative estimate of drug-likeness (QED) is 0.610. The summed E-state index contributed by atoms with van der Waals surface area (Å²) in [5, 5.41) is 14.9. The predicted octanol–water partition coefficient (Wildman–Crippen LogP) is 2.36. The molecular weight excluding hydrogens is 292 g/mol. The van der Waals surface area contributed by atoms with Crippen molar-refractivity contribution in [2.24, 2.45) is 0 Å². The van der Waals surface area contributed by atoms with Crippen LogP contribution < -0.4 is 5.32 Å². The van der Waals surface area contributed by atoms with Crippen LogP contribution in [0.15, 0.2) is 5.38 Å². The lowest BCUT2D eigenvalue weighted by atomic mass is 9.90. The molecule has 0 bridgehead atoms. The maximum Gasteiger partial charge on any atom is 0.315 e. The van der Waals surface area contributed by atoms with Crippen LogP contribution in [0.4, 0.5) is 5.13 Å². The summed E-state index contributed by atoms with van der Waals surface area (Å²) in [6.07, 6.45) is 1.94. The van der Waals surface area contributed by atoms with Crippen molar-refractivity contribution in [3.05, 3.63) is 11.1 Å². The largest absolute Gasteiger partial charge is 0.481 e. The van der Waals surface area contributed by atoms with E-state index in [4.69, 9.17) is 14.6 Å². The first-order valence-electron chi connectivity index (χ1n) is 6.98. The molecule has 0 spiro atoms. The molecule has 0 radical (unpaired) electrons. The second-order valence-corrected chi connectivity index (χ2v) is 6.07. The second kappa shape index (κ2) is 8.96. The second-order valence-electron chi connectivity index (χ2n) is 5.21. The number of carboxylic acid groups (broad SMARTS) is 1. The summed E-state index contributed by atoms with van der Waals surface area (Å²) < 4.78 is 10.3. The summed E-state index contributed by atoms with van der Waals surface area (Å²) in [6.45, 7) is 6.09. The fraction of sp³-hybridized carbons (Fsp3) is 0.714. The van der Waals surface area contributed by atoms with Gasteiger partial charge in [0.05, 0.1) is 18.9 Å². The molecule has 0 saturated heterocycles. The van der Waals surface area contributed by atoms with Crippen molar-refractivity contribution in [3.63, 3.8) is 0 Å². The third kappa shape index (κ3) is 5.99. The first-order chi connectivity index (χ1) is 9.98. The Hall–Kier alpha value is -1.18. The lowest BCUT2D eigenvalue weighted by molar-refractivity contribution is -0.142. The Morgan fingerprint density at radius 3 is 2.81 bits per heavy atom. The number of aromatic nitrogens is 1. The molecule has 6 nitrogen and oxygen atoms in total. The van der Waals surface area contributed by atoms with E-state index in [-0.39, 0.29) is 0 Å². The van der Waals surface area contributed by atoms with Crippen LogP contribution in [0.3, 0.4) is 0 Å². The van der Waals surface area contributed by atoms with Gasteiger partial charge in [0.1, 0.15) is 5.41 Å². The van der Waals surface area contributed by atoms with E-state index in [1.807, 2.05) is 0 Å². The van der Waals surface area contributed by atoms with Gasteiger partial charge in [-0.05, 0) is 26.7 Å². The Morgan fingerprint density at radius 2 is 2.14 bits per heavy atom. The summed E-state index contributed by atoms with van der Waals surface area (Å²) in [5.41, 5.74) is -0.364. The van der Waals surface area contributed by atoms with Crippen molar-refractivity contribution in [2.45, 2.75) is 32.1 Å². The van der Waals surface area contributed by atoms with Crippen LogP contribution in [-0.2, 0) is 19.7 Å². The molecule has 0 aliphatic heterocycles. The number of unbranched alkanes of at least 4 members (excludes halogenated alkanes) is 1. The molecule has 0 amide bonds. The van der Waals surface area contributed by atoms with Crippen LogP contribution >= 0.6 is 11.3 Å². The van der Waals surface area contributed by atoms with Crippen molar-refractivity contribution in [2.75, 3.05) is 38.8 Å². The number of rotatable bonds is 11. The van der Waals surface area contributed by atoms with Crippen LogP contribution in [0, 0.1) is 0 Å². The number of nitrogens with one attached hydrogen (secondary N) is 1. The first kappa shape index (κ1) is 17.9. The van der Waals surface area contributed by atoms with Crippen molar-refractivity contribution in [1.82, 2.24) is 4.98 Å². The van der Waals surface area contributed by atoms with Gasteiger partial charge in [-0.1, -0.05) is 0 Å². The highest BCUT2D eigenvalue weighted by Crippen LogP contribution is 2.27. The average molecular weight is 316 g/mol. The number of ether oxygens (including phenoxy) is 2. The fourth-order valence-electron chi connectivity index (χ4n) is 1.52. The Labute approximate surface area is 129 Å². The van der Waals surface area contributed by atoms with E-state index in [0.717, 1.165) is 31.1 Å². The molecule has 0 unspecified atom stereocenters. The Bertz CT molecular complexity index is 434. The van der Waals surface area contributed by atoms with Gasteiger partial charge >= 0.3 is 5.97 Å². The third-order valence-electron chi connectivity index (χ3n) is 3.10. The Morgan fingerprint density at radius 1 is 1.38 bits per heavy atom. The maximum absolute atomic E-state index is 11.2. The van der Waals surface area contributed by atoms with Crippen LogP contribution in [-0.4, -0.2) is 49.5 Å².